The summed E-state index contributed by atoms with van der Waals surface area (Å²) in [5, 5.41) is 12.4. The molecule has 3 fully saturated rings. The fraction of sp³-hybridized carbons (Fsp3) is 0.591. The van der Waals surface area contributed by atoms with Crippen LogP contribution in [-0.2, 0) is 29.1 Å². The number of carbonyl (C=O) groups is 4. The Morgan fingerprint density at radius 1 is 1.02 bits per heavy atom. The Morgan fingerprint density at radius 3 is 2.52 bits per heavy atom. The second kappa shape index (κ2) is 18.4. The summed E-state index contributed by atoms with van der Waals surface area (Å²) >= 11 is 1.45. The van der Waals surface area contributed by atoms with Crippen LogP contribution in [-0.4, -0.2) is 102 Å². The van der Waals surface area contributed by atoms with E-state index in [0.717, 1.165) is 37.2 Å². The second-order valence-corrected chi connectivity index (χ2v) is 21.0. The highest BCUT2D eigenvalue weighted by atomic mass is 32.2. The van der Waals surface area contributed by atoms with Crippen molar-refractivity contribution in [1.82, 2.24) is 30.2 Å². The fourth-order valence-electron chi connectivity index (χ4n) is 8.47. The molecule has 4 amide bonds. The highest BCUT2D eigenvalue weighted by molar-refractivity contribution is 7.90. The average molecular weight is 894 g/mol. The molecular formula is C44H59N7O9S2. The van der Waals surface area contributed by atoms with E-state index in [4.69, 9.17) is 24.2 Å². The van der Waals surface area contributed by atoms with Crippen molar-refractivity contribution in [2.75, 3.05) is 24.7 Å². The molecule has 336 valence electrons. The van der Waals surface area contributed by atoms with E-state index >= 15 is 0 Å². The maximum absolute atomic E-state index is 14.9. The number of likely N-dealkylation sites (tertiary alicyclic amines) is 1. The molecule has 2 aliphatic carbocycles. The zero-order valence-electron chi connectivity index (χ0n) is 36.3. The lowest BCUT2D eigenvalue weighted by Crippen LogP contribution is -2.60. The SMILES string of the molecule is COc1ccc2c(O[C@@H]3C[C@@H](C(=O)NC45C[C@H]4/C=C\CCCCCS(=O)(=O)NC5=O)N(C(=O)[C@@H](NC(=O)OC4CCCC4)C(C)(C)C)C3)cc(-c3csc(NC(C)C)n3)nc2c1. The van der Waals surface area contributed by atoms with Crippen molar-refractivity contribution in [1.29, 1.82) is 0 Å². The summed E-state index contributed by atoms with van der Waals surface area (Å²) in [7, 11) is -2.39. The number of methoxy groups -OCH3 is 1. The number of thiazole rings is 1. The number of nitrogens with one attached hydrogen (secondary N) is 4. The van der Waals surface area contributed by atoms with E-state index in [1.807, 2.05) is 58.2 Å². The molecular weight excluding hydrogens is 835 g/mol. The molecule has 4 N–H and O–H groups in total. The first-order valence-electron chi connectivity index (χ1n) is 21.6. The number of alkyl carbamates (subject to hydrolysis) is 1. The van der Waals surface area contributed by atoms with Crippen molar-refractivity contribution < 1.29 is 41.8 Å². The van der Waals surface area contributed by atoms with Gasteiger partial charge in [0.2, 0.25) is 21.8 Å². The van der Waals surface area contributed by atoms with Gasteiger partial charge in [0.25, 0.3) is 5.91 Å². The quantitative estimate of drug-likeness (QED) is 0.162. The summed E-state index contributed by atoms with van der Waals surface area (Å²) < 4.78 is 46.1. The molecule has 62 heavy (non-hydrogen) atoms. The van der Waals surface area contributed by atoms with Gasteiger partial charge >= 0.3 is 6.09 Å². The van der Waals surface area contributed by atoms with Crippen LogP contribution in [0.3, 0.4) is 0 Å². The minimum absolute atomic E-state index is 0.0198. The average Bonchev–Trinajstić information content (AvgIpc) is 3.64. The molecule has 2 aliphatic heterocycles. The standard InChI is InChI=1S/C44H59N7O9S2/c1-26(2)45-41-47-34(25-61-41)33-22-36(31-18-17-29(58-6)20-32(31)46-33)59-30-21-35(51(24-30)39(53)37(43(3,4)5)48-42(55)60-28-15-11-12-16-28)38(52)49-44-23-27(44)14-10-8-7-9-13-19-62(56,57)50-40(44)54/h10,14,17-18,20,22,25-28,30,35,37H,7-9,11-13,15-16,19,21,23-24H2,1-6H3,(H,45,47)(H,48,55)(H,49,52)(H,50,54)/b14-10-/t27-,30-,35+,37-,44?/m1/s1. The monoisotopic (exact) mass is 893 g/mol. The number of hydrogen-bond donors (Lipinski definition) is 4. The van der Waals surface area contributed by atoms with Gasteiger partial charge in [0.1, 0.15) is 47.0 Å². The minimum Gasteiger partial charge on any atom is -0.497 e. The van der Waals surface area contributed by atoms with Crippen molar-refractivity contribution in [3.05, 3.63) is 41.8 Å². The smallest absolute Gasteiger partial charge is 0.408 e. The molecule has 16 nitrogen and oxygen atoms in total. The van der Waals surface area contributed by atoms with Crippen molar-refractivity contribution in [3.8, 4) is 22.9 Å². The zero-order valence-corrected chi connectivity index (χ0v) is 38.0. The number of amides is 4. The van der Waals surface area contributed by atoms with E-state index in [-0.39, 0.29) is 37.3 Å². The number of hydrogen-bond acceptors (Lipinski definition) is 13. The molecule has 3 aromatic rings. The first kappa shape index (κ1) is 45.1. The van der Waals surface area contributed by atoms with Crippen LogP contribution >= 0.6 is 11.3 Å². The summed E-state index contributed by atoms with van der Waals surface area (Å²) in [6.07, 6.45) is 8.37. The van der Waals surface area contributed by atoms with Gasteiger partial charge in [-0.25, -0.2) is 23.2 Å². The largest absolute Gasteiger partial charge is 0.497 e. The first-order chi connectivity index (χ1) is 29.4. The summed E-state index contributed by atoms with van der Waals surface area (Å²) in [5.74, 6) is -1.60. The summed E-state index contributed by atoms with van der Waals surface area (Å²) in [4.78, 5) is 67.8. The van der Waals surface area contributed by atoms with E-state index in [9.17, 15) is 27.6 Å². The lowest BCUT2D eigenvalue weighted by Gasteiger charge is -2.35. The molecule has 7 rings (SSSR count). The molecule has 4 aliphatic rings. The Bertz CT molecular complexity index is 2300. The molecule has 0 bridgehead atoms. The molecule has 2 saturated carbocycles. The van der Waals surface area contributed by atoms with Crippen LogP contribution in [0.15, 0.2) is 41.8 Å². The number of fused-ring (bicyclic) bond motifs is 2. The number of ether oxygens (including phenoxy) is 3. The van der Waals surface area contributed by atoms with Crippen LogP contribution in [0.5, 0.6) is 11.5 Å². The molecule has 0 spiro atoms. The summed E-state index contributed by atoms with van der Waals surface area (Å²) in [5.41, 5.74) is -0.600. The number of nitrogens with zero attached hydrogens (tertiary/aromatic N) is 3. The van der Waals surface area contributed by atoms with Crippen LogP contribution < -0.4 is 30.1 Å². The molecule has 2 aromatic heterocycles. The van der Waals surface area contributed by atoms with Gasteiger partial charge in [0.05, 0.1) is 30.6 Å². The Hall–Kier alpha value is -4.97. The van der Waals surface area contributed by atoms with E-state index in [0.29, 0.717) is 53.1 Å². The van der Waals surface area contributed by atoms with E-state index in [2.05, 4.69) is 20.7 Å². The fourth-order valence-corrected chi connectivity index (χ4v) is 10.5. The summed E-state index contributed by atoms with van der Waals surface area (Å²) in [6.45, 7) is 9.47. The Labute approximate surface area is 367 Å². The third kappa shape index (κ3) is 10.4. The van der Waals surface area contributed by atoms with E-state index in [1.54, 1.807) is 25.3 Å². The van der Waals surface area contributed by atoms with Gasteiger partial charge in [0, 0.05) is 41.3 Å². The highest BCUT2D eigenvalue weighted by Crippen LogP contribution is 2.46. The molecule has 18 heteroatoms. The van der Waals surface area contributed by atoms with Gasteiger partial charge in [-0.2, -0.15) is 0 Å². The molecule has 5 atom stereocenters. The minimum atomic E-state index is -3.96. The van der Waals surface area contributed by atoms with Gasteiger partial charge in [0.15, 0.2) is 5.13 Å². The van der Waals surface area contributed by atoms with Crippen LogP contribution in [0, 0.1) is 11.3 Å². The van der Waals surface area contributed by atoms with Crippen LogP contribution in [0.1, 0.15) is 98.8 Å². The second-order valence-electron chi connectivity index (χ2n) is 18.3. The number of aromatic nitrogens is 2. The summed E-state index contributed by atoms with van der Waals surface area (Å²) in [6, 6.07) is 5.12. The van der Waals surface area contributed by atoms with E-state index < -0.39 is 68.9 Å². The number of allylic oxidation sites excluding steroid dienone is 1. The number of carbonyl (C=O) groups excluding carboxylic acids is 4. The van der Waals surface area contributed by atoms with Crippen molar-refractivity contribution >= 4 is 61.2 Å². The topological polar surface area (TPSA) is 207 Å². The predicted molar refractivity (Wildman–Crippen MR) is 236 cm³/mol. The number of anilines is 1. The zero-order chi connectivity index (χ0) is 44.4. The normalized spacial score (nSPS) is 25.1. The lowest BCUT2D eigenvalue weighted by molar-refractivity contribution is -0.143. The Balaban J connectivity index is 1.22. The Morgan fingerprint density at radius 2 is 1.79 bits per heavy atom. The van der Waals surface area contributed by atoms with Gasteiger partial charge in [-0.1, -0.05) is 39.3 Å². The van der Waals surface area contributed by atoms with Gasteiger partial charge in [-0.3, -0.25) is 19.1 Å². The number of benzene rings is 1. The van der Waals surface area contributed by atoms with Crippen molar-refractivity contribution in [2.24, 2.45) is 11.3 Å². The highest BCUT2D eigenvalue weighted by Gasteiger charge is 2.61. The Kier molecular flexibility index (Phi) is 13.4. The van der Waals surface area contributed by atoms with Crippen molar-refractivity contribution in [2.45, 2.75) is 135 Å². The maximum Gasteiger partial charge on any atom is 0.408 e. The molecule has 1 aromatic carbocycles. The molecule has 1 unspecified atom stereocenters. The van der Waals surface area contributed by atoms with Gasteiger partial charge in [-0.15, -0.1) is 11.3 Å². The van der Waals surface area contributed by atoms with Crippen LogP contribution in [0.25, 0.3) is 22.3 Å². The van der Waals surface area contributed by atoms with Crippen LogP contribution in [0.2, 0.25) is 0 Å². The first-order valence-corrected chi connectivity index (χ1v) is 24.2. The molecule has 1 saturated heterocycles. The van der Waals surface area contributed by atoms with Crippen molar-refractivity contribution in [3.63, 3.8) is 0 Å². The van der Waals surface area contributed by atoms with Crippen LogP contribution in [0.4, 0.5) is 9.93 Å². The third-order valence-electron chi connectivity index (χ3n) is 11.9. The number of rotatable bonds is 11. The number of pyridine rings is 1. The van der Waals surface area contributed by atoms with Gasteiger partial charge in [-0.05, 0) is 82.8 Å². The maximum atomic E-state index is 14.9. The third-order valence-corrected chi connectivity index (χ3v) is 14.0. The lowest BCUT2D eigenvalue weighted by atomic mass is 9.85. The predicted octanol–water partition coefficient (Wildman–Crippen LogP) is 6.07. The molecule has 4 heterocycles. The van der Waals surface area contributed by atoms with E-state index in [1.165, 1.54) is 16.2 Å². The number of sulfonamides is 1. The van der Waals surface area contributed by atoms with Gasteiger partial charge < -0.3 is 35.1 Å². The molecule has 0 radical (unpaired) electrons.